The average Bonchev–Trinajstić information content (AvgIpc) is 3.40. The van der Waals surface area contributed by atoms with Gasteiger partial charge in [0.1, 0.15) is 5.60 Å². The molecule has 0 radical (unpaired) electrons. The van der Waals surface area contributed by atoms with Gasteiger partial charge < -0.3 is 20.1 Å². The second kappa shape index (κ2) is 8.60. The first kappa shape index (κ1) is 22.7. The third-order valence-electron chi connectivity index (χ3n) is 6.44. The van der Waals surface area contributed by atoms with Crippen molar-refractivity contribution >= 4 is 23.4 Å². The standard InChI is InChI=1S/C25H28ClN5O3/c1-24(2,33)16-31-14-19(11-29-31)17-3-5-18(6-4-17)20-12-27-13-21(26)22(20)30-9-7-25(8-10-30)15-28-23(32)34-25/h3-6,11-14,33H,7-10,15-16H2,1-2H3,(H,28,32). The number of hydrogen-bond acceptors (Lipinski definition) is 6. The molecule has 0 aliphatic carbocycles. The van der Waals surface area contributed by atoms with Crippen molar-refractivity contribution in [2.75, 3.05) is 24.5 Å². The summed E-state index contributed by atoms with van der Waals surface area (Å²) in [6.07, 6.45) is 8.43. The Kier molecular flexibility index (Phi) is 5.73. The number of hydrogen-bond donors (Lipinski definition) is 2. The summed E-state index contributed by atoms with van der Waals surface area (Å²) < 4.78 is 7.31. The number of carbonyl (C=O) groups excluding carboxylic acids is 1. The van der Waals surface area contributed by atoms with E-state index in [2.05, 4.69) is 44.6 Å². The molecule has 2 aliphatic rings. The molecule has 0 unspecified atom stereocenters. The highest BCUT2D eigenvalue weighted by molar-refractivity contribution is 6.33. The largest absolute Gasteiger partial charge is 0.441 e. The fraction of sp³-hybridized carbons (Fsp3) is 0.400. The van der Waals surface area contributed by atoms with Crippen LogP contribution in [0.4, 0.5) is 10.5 Å². The smallest absolute Gasteiger partial charge is 0.407 e. The van der Waals surface area contributed by atoms with E-state index in [4.69, 9.17) is 16.3 Å². The van der Waals surface area contributed by atoms with Gasteiger partial charge in [0.25, 0.3) is 0 Å². The Morgan fingerprint density at radius 3 is 2.47 bits per heavy atom. The van der Waals surface area contributed by atoms with Gasteiger partial charge in [-0.05, 0) is 25.0 Å². The van der Waals surface area contributed by atoms with Crippen LogP contribution in [0.25, 0.3) is 22.3 Å². The first-order valence-corrected chi connectivity index (χ1v) is 11.8. The van der Waals surface area contributed by atoms with Crippen molar-refractivity contribution in [1.29, 1.82) is 0 Å². The van der Waals surface area contributed by atoms with Gasteiger partial charge >= 0.3 is 6.09 Å². The summed E-state index contributed by atoms with van der Waals surface area (Å²) in [5.41, 5.74) is 3.73. The fourth-order valence-electron chi connectivity index (χ4n) is 4.72. The van der Waals surface area contributed by atoms with Crippen LogP contribution in [0, 0.1) is 0 Å². The number of pyridine rings is 1. The quantitative estimate of drug-likeness (QED) is 0.569. The topological polar surface area (TPSA) is 92.5 Å². The molecule has 1 spiro atoms. The van der Waals surface area contributed by atoms with Crippen molar-refractivity contribution in [2.24, 2.45) is 0 Å². The first-order valence-electron chi connectivity index (χ1n) is 11.4. The second-order valence-corrected chi connectivity index (χ2v) is 10.2. The maximum Gasteiger partial charge on any atom is 0.407 e. The highest BCUT2D eigenvalue weighted by atomic mass is 35.5. The number of amides is 1. The van der Waals surface area contributed by atoms with Crippen LogP contribution in [0.5, 0.6) is 0 Å². The van der Waals surface area contributed by atoms with Crippen molar-refractivity contribution in [3.63, 3.8) is 0 Å². The number of benzene rings is 1. The van der Waals surface area contributed by atoms with E-state index in [1.807, 2.05) is 12.4 Å². The minimum absolute atomic E-state index is 0.332. The van der Waals surface area contributed by atoms with Gasteiger partial charge in [0, 0.05) is 55.6 Å². The molecule has 1 aromatic carbocycles. The van der Waals surface area contributed by atoms with E-state index >= 15 is 0 Å². The number of alkyl carbamates (subject to hydrolysis) is 1. The van der Waals surface area contributed by atoms with E-state index in [0.29, 0.717) is 18.1 Å². The highest BCUT2D eigenvalue weighted by Gasteiger charge is 2.43. The lowest BCUT2D eigenvalue weighted by Crippen LogP contribution is -2.46. The van der Waals surface area contributed by atoms with Crippen LogP contribution in [-0.2, 0) is 11.3 Å². The molecule has 2 fully saturated rings. The summed E-state index contributed by atoms with van der Waals surface area (Å²) in [5, 5.41) is 17.8. The zero-order chi connectivity index (χ0) is 23.9. The average molecular weight is 482 g/mol. The van der Waals surface area contributed by atoms with Crippen LogP contribution < -0.4 is 10.2 Å². The van der Waals surface area contributed by atoms with E-state index in [1.54, 1.807) is 30.9 Å². The van der Waals surface area contributed by atoms with Crippen molar-refractivity contribution in [2.45, 2.75) is 44.4 Å². The predicted octanol–water partition coefficient (Wildman–Crippen LogP) is 4.12. The summed E-state index contributed by atoms with van der Waals surface area (Å²) in [7, 11) is 0. The van der Waals surface area contributed by atoms with Crippen LogP contribution in [0.3, 0.4) is 0 Å². The minimum Gasteiger partial charge on any atom is -0.441 e. The molecule has 5 rings (SSSR count). The maximum absolute atomic E-state index is 11.6. The van der Waals surface area contributed by atoms with Gasteiger partial charge in [-0.15, -0.1) is 0 Å². The summed E-state index contributed by atoms with van der Waals surface area (Å²) >= 11 is 6.64. The van der Waals surface area contributed by atoms with Crippen LogP contribution in [0.1, 0.15) is 26.7 Å². The molecule has 34 heavy (non-hydrogen) atoms. The zero-order valence-corrected chi connectivity index (χ0v) is 20.0. The maximum atomic E-state index is 11.6. The van der Waals surface area contributed by atoms with Crippen molar-refractivity contribution in [3.05, 3.63) is 54.1 Å². The van der Waals surface area contributed by atoms with Gasteiger partial charge in [0.15, 0.2) is 0 Å². The first-order chi connectivity index (χ1) is 16.2. The molecule has 0 bridgehead atoms. The summed E-state index contributed by atoms with van der Waals surface area (Å²) in [4.78, 5) is 18.2. The van der Waals surface area contributed by atoms with Crippen molar-refractivity contribution < 1.29 is 14.6 Å². The molecule has 8 nitrogen and oxygen atoms in total. The van der Waals surface area contributed by atoms with Crippen LogP contribution in [-0.4, -0.2) is 56.8 Å². The lowest BCUT2D eigenvalue weighted by Gasteiger charge is -2.39. The third kappa shape index (κ3) is 4.60. The van der Waals surface area contributed by atoms with Crippen LogP contribution >= 0.6 is 11.6 Å². The molecule has 0 atom stereocenters. The predicted molar refractivity (Wildman–Crippen MR) is 131 cm³/mol. The van der Waals surface area contributed by atoms with E-state index in [9.17, 15) is 9.90 Å². The fourth-order valence-corrected chi connectivity index (χ4v) is 5.00. The van der Waals surface area contributed by atoms with Gasteiger partial charge in [0.05, 0.1) is 35.6 Å². The van der Waals surface area contributed by atoms with Crippen molar-refractivity contribution in [1.82, 2.24) is 20.1 Å². The molecule has 2 N–H and O–H groups in total. The Hall–Kier alpha value is -3.10. The normalized spacial score (nSPS) is 17.6. The number of halogens is 1. The van der Waals surface area contributed by atoms with E-state index in [-0.39, 0.29) is 6.09 Å². The monoisotopic (exact) mass is 481 g/mol. The Bertz CT molecular complexity index is 1190. The lowest BCUT2D eigenvalue weighted by atomic mass is 9.91. The molecule has 2 aliphatic heterocycles. The number of ether oxygens (including phenoxy) is 1. The van der Waals surface area contributed by atoms with Crippen LogP contribution in [0.15, 0.2) is 49.1 Å². The number of nitrogens with one attached hydrogen (secondary N) is 1. The van der Waals surface area contributed by atoms with Gasteiger partial charge in [-0.25, -0.2) is 4.79 Å². The Morgan fingerprint density at radius 2 is 1.82 bits per heavy atom. The number of piperidine rings is 1. The number of aromatic nitrogens is 3. The molecular formula is C25H28ClN5O3. The number of rotatable bonds is 5. The number of carbonyl (C=O) groups is 1. The van der Waals surface area contributed by atoms with Crippen LogP contribution in [0.2, 0.25) is 5.02 Å². The zero-order valence-electron chi connectivity index (χ0n) is 19.3. The van der Waals surface area contributed by atoms with Gasteiger partial charge in [-0.1, -0.05) is 35.9 Å². The summed E-state index contributed by atoms with van der Waals surface area (Å²) in [5.74, 6) is 0. The third-order valence-corrected chi connectivity index (χ3v) is 6.72. The molecule has 4 heterocycles. The van der Waals surface area contributed by atoms with Gasteiger partial charge in [-0.2, -0.15) is 5.10 Å². The number of aliphatic hydroxyl groups is 1. The molecular weight excluding hydrogens is 454 g/mol. The lowest BCUT2D eigenvalue weighted by molar-refractivity contribution is 0.0367. The molecule has 178 valence electrons. The molecule has 3 aromatic rings. The molecule has 0 saturated carbocycles. The molecule has 2 saturated heterocycles. The minimum atomic E-state index is -0.826. The SMILES string of the molecule is CC(C)(O)Cn1cc(-c2ccc(-c3cncc(Cl)c3N3CCC4(CC3)CNC(=O)O4)cc2)cn1. The Balaban J connectivity index is 1.37. The summed E-state index contributed by atoms with van der Waals surface area (Å²) in [6, 6.07) is 8.24. The molecule has 1 amide bonds. The van der Waals surface area contributed by atoms with Gasteiger partial charge in [-0.3, -0.25) is 9.67 Å². The Labute approximate surface area is 203 Å². The highest BCUT2D eigenvalue weighted by Crippen LogP contribution is 2.40. The second-order valence-electron chi connectivity index (χ2n) is 9.75. The number of nitrogens with zero attached hydrogens (tertiary/aromatic N) is 4. The molecule has 2 aromatic heterocycles. The van der Waals surface area contributed by atoms with E-state index < -0.39 is 11.2 Å². The van der Waals surface area contributed by atoms with E-state index in [1.165, 1.54) is 0 Å². The van der Waals surface area contributed by atoms with Gasteiger partial charge in [0.2, 0.25) is 0 Å². The Morgan fingerprint density at radius 1 is 1.12 bits per heavy atom. The van der Waals surface area contributed by atoms with Crippen molar-refractivity contribution in [3.8, 4) is 22.3 Å². The molecule has 9 heteroatoms. The number of anilines is 1. The summed E-state index contributed by atoms with van der Waals surface area (Å²) in [6.45, 7) is 5.99. The van der Waals surface area contributed by atoms with E-state index in [0.717, 1.165) is 53.9 Å².